The molecule has 0 bridgehead atoms. The van der Waals surface area contributed by atoms with Crippen molar-refractivity contribution in [3.63, 3.8) is 0 Å². The first-order valence-corrected chi connectivity index (χ1v) is 6.71. The standard InChI is InChI=1S/C15H11ClF3NO2/c1-2-22-14(21)12-7-10(8-20-13(12)16)9-3-5-11(6-4-9)15(17,18)19/h3-8H,2H2,1H3. The lowest BCUT2D eigenvalue weighted by Crippen LogP contribution is -2.06. The molecule has 0 atom stereocenters. The highest BCUT2D eigenvalue weighted by atomic mass is 35.5. The van der Waals surface area contributed by atoms with Crippen molar-refractivity contribution < 1.29 is 22.7 Å². The number of alkyl halides is 3. The first-order chi connectivity index (χ1) is 10.3. The molecule has 116 valence electrons. The molecule has 1 aromatic carbocycles. The third-order valence-electron chi connectivity index (χ3n) is 2.88. The quantitative estimate of drug-likeness (QED) is 0.610. The monoisotopic (exact) mass is 329 g/mol. The van der Waals surface area contributed by atoms with E-state index in [-0.39, 0.29) is 17.3 Å². The number of ether oxygens (including phenoxy) is 1. The van der Waals surface area contributed by atoms with Crippen LogP contribution in [0.3, 0.4) is 0 Å². The van der Waals surface area contributed by atoms with Crippen molar-refractivity contribution in [1.29, 1.82) is 0 Å². The summed E-state index contributed by atoms with van der Waals surface area (Å²) in [5.74, 6) is -0.631. The molecular formula is C15H11ClF3NO2. The number of pyridine rings is 1. The molecule has 0 aliphatic carbocycles. The zero-order valence-electron chi connectivity index (χ0n) is 11.4. The van der Waals surface area contributed by atoms with Gasteiger partial charge in [-0.3, -0.25) is 0 Å². The fraction of sp³-hybridized carbons (Fsp3) is 0.200. The Labute approximate surface area is 129 Å². The highest BCUT2D eigenvalue weighted by Crippen LogP contribution is 2.31. The summed E-state index contributed by atoms with van der Waals surface area (Å²) in [6, 6.07) is 5.99. The fourth-order valence-electron chi connectivity index (χ4n) is 1.81. The van der Waals surface area contributed by atoms with Crippen LogP contribution in [0.2, 0.25) is 5.15 Å². The molecule has 0 aliphatic rings. The Hall–Kier alpha value is -2.08. The maximum atomic E-state index is 12.5. The van der Waals surface area contributed by atoms with Crippen molar-refractivity contribution in [2.75, 3.05) is 6.61 Å². The zero-order chi connectivity index (χ0) is 16.3. The van der Waals surface area contributed by atoms with E-state index in [9.17, 15) is 18.0 Å². The van der Waals surface area contributed by atoms with Crippen LogP contribution < -0.4 is 0 Å². The van der Waals surface area contributed by atoms with E-state index in [0.717, 1.165) is 12.1 Å². The van der Waals surface area contributed by atoms with Gasteiger partial charge < -0.3 is 4.74 Å². The minimum atomic E-state index is -4.40. The summed E-state index contributed by atoms with van der Waals surface area (Å²) in [7, 11) is 0. The van der Waals surface area contributed by atoms with Crippen LogP contribution in [0.5, 0.6) is 0 Å². The third kappa shape index (κ3) is 3.57. The van der Waals surface area contributed by atoms with E-state index in [1.807, 2.05) is 0 Å². The first kappa shape index (κ1) is 16.3. The van der Waals surface area contributed by atoms with Gasteiger partial charge in [0.25, 0.3) is 0 Å². The number of hydrogen-bond acceptors (Lipinski definition) is 3. The van der Waals surface area contributed by atoms with Crippen LogP contribution in [0.4, 0.5) is 13.2 Å². The molecule has 0 saturated carbocycles. The zero-order valence-corrected chi connectivity index (χ0v) is 12.2. The molecule has 0 fully saturated rings. The predicted octanol–water partition coefficient (Wildman–Crippen LogP) is 4.60. The summed E-state index contributed by atoms with van der Waals surface area (Å²) in [5, 5.41) is -0.0193. The van der Waals surface area contributed by atoms with Gasteiger partial charge in [-0.25, -0.2) is 9.78 Å². The molecule has 3 nitrogen and oxygen atoms in total. The molecule has 0 N–H and O–H groups in total. The Kier molecular flexibility index (Phi) is 4.71. The average Bonchev–Trinajstić information content (AvgIpc) is 2.47. The van der Waals surface area contributed by atoms with Gasteiger partial charge >= 0.3 is 12.1 Å². The Morgan fingerprint density at radius 1 is 1.23 bits per heavy atom. The maximum absolute atomic E-state index is 12.5. The second-order valence-corrected chi connectivity index (χ2v) is 4.72. The van der Waals surface area contributed by atoms with E-state index in [1.165, 1.54) is 24.4 Å². The molecule has 0 saturated heterocycles. The smallest absolute Gasteiger partial charge is 0.416 e. The molecule has 1 aromatic heterocycles. The molecule has 7 heteroatoms. The summed E-state index contributed by atoms with van der Waals surface area (Å²) in [6.07, 6.45) is -3.01. The van der Waals surface area contributed by atoms with Gasteiger partial charge in [0.1, 0.15) is 5.15 Å². The Balaban J connectivity index is 2.37. The highest BCUT2D eigenvalue weighted by molar-refractivity contribution is 6.32. The molecular weight excluding hydrogens is 319 g/mol. The molecule has 0 aliphatic heterocycles. The summed E-state index contributed by atoms with van der Waals surface area (Å²) >= 11 is 5.84. The predicted molar refractivity (Wildman–Crippen MR) is 75.6 cm³/mol. The van der Waals surface area contributed by atoms with E-state index in [2.05, 4.69) is 4.98 Å². The molecule has 0 amide bonds. The van der Waals surface area contributed by atoms with Gasteiger partial charge in [-0.15, -0.1) is 0 Å². The van der Waals surface area contributed by atoms with Crippen LogP contribution in [0.15, 0.2) is 36.5 Å². The van der Waals surface area contributed by atoms with Crippen LogP contribution in [-0.4, -0.2) is 17.6 Å². The number of benzene rings is 1. The van der Waals surface area contributed by atoms with Gasteiger partial charge in [-0.1, -0.05) is 23.7 Å². The van der Waals surface area contributed by atoms with E-state index >= 15 is 0 Å². The van der Waals surface area contributed by atoms with Crippen LogP contribution in [0, 0.1) is 0 Å². The van der Waals surface area contributed by atoms with Gasteiger partial charge in [0.2, 0.25) is 0 Å². The van der Waals surface area contributed by atoms with Crippen molar-refractivity contribution >= 4 is 17.6 Å². The largest absolute Gasteiger partial charge is 0.462 e. The minimum absolute atomic E-state index is 0.0193. The summed E-state index contributed by atoms with van der Waals surface area (Å²) in [5.41, 5.74) is 0.286. The molecule has 1 heterocycles. The topological polar surface area (TPSA) is 39.2 Å². The second-order valence-electron chi connectivity index (χ2n) is 4.36. The highest BCUT2D eigenvalue weighted by Gasteiger charge is 2.30. The minimum Gasteiger partial charge on any atom is -0.462 e. The van der Waals surface area contributed by atoms with Gasteiger partial charge in [0.05, 0.1) is 17.7 Å². The Morgan fingerprint density at radius 3 is 2.41 bits per heavy atom. The lowest BCUT2D eigenvalue weighted by atomic mass is 10.0. The Morgan fingerprint density at radius 2 is 1.86 bits per heavy atom. The fourth-order valence-corrected chi connectivity index (χ4v) is 1.99. The number of esters is 1. The van der Waals surface area contributed by atoms with E-state index < -0.39 is 17.7 Å². The number of rotatable bonds is 3. The van der Waals surface area contributed by atoms with Gasteiger partial charge in [0, 0.05) is 11.8 Å². The molecule has 0 unspecified atom stereocenters. The summed E-state index contributed by atoms with van der Waals surface area (Å²) in [4.78, 5) is 15.6. The summed E-state index contributed by atoms with van der Waals surface area (Å²) in [6.45, 7) is 1.83. The SMILES string of the molecule is CCOC(=O)c1cc(-c2ccc(C(F)(F)F)cc2)cnc1Cl. The van der Waals surface area contributed by atoms with Crippen LogP contribution in [0.25, 0.3) is 11.1 Å². The second kappa shape index (κ2) is 6.36. The van der Waals surface area contributed by atoms with Crippen LogP contribution in [0.1, 0.15) is 22.8 Å². The molecule has 0 spiro atoms. The number of carbonyl (C=O) groups is 1. The molecule has 2 aromatic rings. The van der Waals surface area contributed by atoms with Crippen molar-refractivity contribution in [3.05, 3.63) is 52.8 Å². The number of carbonyl (C=O) groups excluding carboxylic acids is 1. The molecule has 0 radical (unpaired) electrons. The lowest BCUT2D eigenvalue weighted by Gasteiger charge is -2.09. The number of halogens is 4. The van der Waals surface area contributed by atoms with Crippen LogP contribution in [-0.2, 0) is 10.9 Å². The normalized spacial score (nSPS) is 11.3. The van der Waals surface area contributed by atoms with Crippen molar-refractivity contribution in [1.82, 2.24) is 4.98 Å². The van der Waals surface area contributed by atoms with Crippen molar-refractivity contribution in [2.45, 2.75) is 13.1 Å². The molecule has 2 rings (SSSR count). The third-order valence-corrected chi connectivity index (χ3v) is 3.18. The van der Waals surface area contributed by atoms with E-state index in [4.69, 9.17) is 16.3 Å². The Bertz CT molecular complexity index is 684. The number of hydrogen-bond donors (Lipinski definition) is 0. The van der Waals surface area contributed by atoms with Crippen LogP contribution >= 0.6 is 11.6 Å². The van der Waals surface area contributed by atoms with Crippen molar-refractivity contribution in [3.8, 4) is 11.1 Å². The van der Waals surface area contributed by atoms with Gasteiger partial charge in [-0.2, -0.15) is 13.2 Å². The maximum Gasteiger partial charge on any atom is 0.416 e. The van der Waals surface area contributed by atoms with Crippen molar-refractivity contribution in [2.24, 2.45) is 0 Å². The van der Waals surface area contributed by atoms with E-state index in [0.29, 0.717) is 11.1 Å². The average molecular weight is 330 g/mol. The van der Waals surface area contributed by atoms with Gasteiger partial charge in [-0.05, 0) is 30.7 Å². The molecule has 22 heavy (non-hydrogen) atoms. The van der Waals surface area contributed by atoms with E-state index in [1.54, 1.807) is 6.92 Å². The number of nitrogens with zero attached hydrogens (tertiary/aromatic N) is 1. The van der Waals surface area contributed by atoms with Gasteiger partial charge in [0.15, 0.2) is 0 Å². The first-order valence-electron chi connectivity index (χ1n) is 6.33. The lowest BCUT2D eigenvalue weighted by molar-refractivity contribution is -0.137. The summed E-state index contributed by atoms with van der Waals surface area (Å²) < 4.78 is 42.5. The number of aromatic nitrogens is 1.